The van der Waals surface area contributed by atoms with Crippen LogP contribution in [-0.2, 0) is 12.6 Å². The van der Waals surface area contributed by atoms with E-state index in [1.807, 2.05) is 12.1 Å². The summed E-state index contributed by atoms with van der Waals surface area (Å²) in [6.07, 6.45) is -3.71. The maximum absolute atomic E-state index is 12.7. The van der Waals surface area contributed by atoms with Crippen LogP contribution in [0.3, 0.4) is 0 Å². The molecule has 0 spiro atoms. The summed E-state index contributed by atoms with van der Waals surface area (Å²) in [6.45, 7) is 6.17. The lowest BCUT2D eigenvalue weighted by Crippen LogP contribution is -2.11. The van der Waals surface area contributed by atoms with Crippen molar-refractivity contribution in [3.05, 3.63) is 41.6 Å². The molecule has 0 aliphatic heterocycles. The van der Waals surface area contributed by atoms with Crippen LogP contribution in [0.5, 0.6) is 0 Å². The zero-order valence-corrected chi connectivity index (χ0v) is 11.2. The summed E-state index contributed by atoms with van der Waals surface area (Å²) in [5.74, 6) is 0. The van der Waals surface area contributed by atoms with E-state index in [1.165, 1.54) is 6.07 Å². The molecular weight excluding hydrogens is 251 g/mol. The minimum absolute atomic E-state index is 0.00417. The summed E-state index contributed by atoms with van der Waals surface area (Å²) >= 11 is 0. The summed E-state index contributed by atoms with van der Waals surface area (Å²) in [7, 11) is 0. The van der Waals surface area contributed by atoms with Crippen molar-refractivity contribution in [2.45, 2.75) is 33.4 Å². The molecule has 0 unspecified atom stereocenters. The van der Waals surface area contributed by atoms with Crippen molar-refractivity contribution in [3.8, 4) is 0 Å². The number of aromatic nitrogens is 1. The van der Waals surface area contributed by atoms with E-state index in [-0.39, 0.29) is 5.41 Å². The van der Waals surface area contributed by atoms with Gasteiger partial charge in [-0.05, 0) is 23.5 Å². The molecule has 0 bridgehead atoms. The Morgan fingerprint density at radius 3 is 2.26 bits per heavy atom. The Hall–Kier alpha value is -1.58. The van der Waals surface area contributed by atoms with Crippen LogP contribution in [0.1, 0.15) is 32.0 Å². The summed E-state index contributed by atoms with van der Waals surface area (Å²) in [5.41, 5.74) is 0.481. The predicted molar refractivity (Wildman–Crippen MR) is 69.9 cm³/mol. The summed E-state index contributed by atoms with van der Waals surface area (Å²) in [5, 5.41) is 0.745. The van der Waals surface area contributed by atoms with Crippen LogP contribution in [0.2, 0.25) is 0 Å². The van der Waals surface area contributed by atoms with Gasteiger partial charge in [0.1, 0.15) is 5.69 Å². The molecule has 102 valence electrons. The number of hydrogen-bond acceptors (Lipinski definition) is 1. The van der Waals surface area contributed by atoms with Crippen LogP contribution in [0.4, 0.5) is 13.2 Å². The quantitative estimate of drug-likeness (QED) is 0.720. The Balaban J connectivity index is 2.59. The van der Waals surface area contributed by atoms with Gasteiger partial charge >= 0.3 is 6.18 Å². The van der Waals surface area contributed by atoms with Gasteiger partial charge in [0.15, 0.2) is 0 Å². The largest absolute Gasteiger partial charge is 0.433 e. The van der Waals surface area contributed by atoms with Crippen LogP contribution < -0.4 is 0 Å². The maximum Gasteiger partial charge on any atom is 0.433 e. The third-order valence-electron chi connectivity index (χ3n) is 2.82. The molecule has 0 fully saturated rings. The summed E-state index contributed by atoms with van der Waals surface area (Å²) in [4.78, 5) is 3.81. The maximum atomic E-state index is 12.7. The third-order valence-corrected chi connectivity index (χ3v) is 2.82. The van der Waals surface area contributed by atoms with Crippen molar-refractivity contribution < 1.29 is 13.2 Å². The van der Waals surface area contributed by atoms with E-state index in [4.69, 9.17) is 0 Å². The summed E-state index contributed by atoms with van der Waals surface area (Å²) < 4.78 is 38.2. The molecule has 4 heteroatoms. The second-order valence-corrected chi connectivity index (χ2v) is 5.92. The number of hydrogen-bond donors (Lipinski definition) is 0. The standard InChI is InChI=1S/C15H16F3N/c1-14(2,3)9-11-6-4-5-10-7-8-12(15(16,17)18)19-13(10)11/h4-8H,9H2,1-3H3. The average Bonchev–Trinajstić information content (AvgIpc) is 2.25. The molecule has 2 aromatic rings. The van der Waals surface area contributed by atoms with Crippen molar-refractivity contribution in [2.75, 3.05) is 0 Å². The number of fused-ring (bicyclic) bond motifs is 1. The van der Waals surface area contributed by atoms with Gasteiger partial charge < -0.3 is 0 Å². The Morgan fingerprint density at radius 2 is 1.68 bits per heavy atom. The second kappa shape index (κ2) is 4.51. The van der Waals surface area contributed by atoms with Gasteiger partial charge in [-0.2, -0.15) is 13.2 Å². The van der Waals surface area contributed by atoms with Crippen LogP contribution in [0.15, 0.2) is 30.3 Å². The molecule has 1 heterocycles. The van der Waals surface area contributed by atoms with E-state index in [1.54, 1.807) is 6.07 Å². The molecule has 1 aromatic heterocycles. The molecule has 0 saturated carbocycles. The first-order valence-corrected chi connectivity index (χ1v) is 6.13. The Labute approximate surface area is 110 Å². The van der Waals surface area contributed by atoms with E-state index < -0.39 is 11.9 Å². The Kier molecular flexibility index (Phi) is 3.29. The number of halogens is 3. The van der Waals surface area contributed by atoms with E-state index in [9.17, 15) is 13.2 Å². The van der Waals surface area contributed by atoms with Gasteiger partial charge in [-0.3, -0.25) is 0 Å². The number of nitrogens with zero attached hydrogens (tertiary/aromatic N) is 1. The smallest absolute Gasteiger partial charge is 0.243 e. The average molecular weight is 267 g/mol. The fourth-order valence-corrected chi connectivity index (χ4v) is 2.08. The summed E-state index contributed by atoms with van der Waals surface area (Å²) in [6, 6.07) is 8.01. The van der Waals surface area contributed by atoms with Crippen molar-refractivity contribution >= 4 is 10.9 Å². The van der Waals surface area contributed by atoms with Gasteiger partial charge in [-0.25, -0.2) is 4.98 Å². The molecule has 0 N–H and O–H groups in total. The highest BCUT2D eigenvalue weighted by Crippen LogP contribution is 2.31. The lowest BCUT2D eigenvalue weighted by Gasteiger charge is -2.19. The monoisotopic (exact) mass is 267 g/mol. The molecule has 0 saturated heterocycles. The van der Waals surface area contributed by atoms with Gasteiger partial charge in [0.05, 0.1) is 5.52 Å². The first-order chi connectivity index (χ1) is 8.67. The van der Waals surface area contributed by atoms with E-state index in [2.05, 4.69) is 25.8 Å². The van der Waals surface area contributed by atoms with Crippen LogP contribution in [0.25, 0.3) is 10.9 Å². The lowest BCUT2D eigenvalue weighted by atomic mass is 9.87. The second-order valence-electron chi connectivity index (χ2n) is 5.92. The third kappa shape index (κ3) is 3.25. The minimum atomic E-state index is -4.40. The van der Waals surface area contributed by atoms with Crippen molar-refractivity contribution in [2.24, 2.45) is 5.41 Å². The molecule has 2 rings (SSSR count). The molecule has 1 aromatic carbocycles. The predicted octanol–water partition coefficient (Wildman–Crippen LogP) is 4.84. The SMILES string of the molecule is CC(C)(C)Cc1cccc2ccc(C(F)(F)F)nc12. The molecule has 0 aliphatic rings. The number of rotatable bonds is 1. The Morgan fingerprint density at radius 1 is 1.00 bits per heavy atom. The minimum Gasteiger partial charge on any atom is -0.243 e. The Bertz CT molecular complexity index is 594. The van der Waals surface area contributed by atoms with Crippen LogP contribution >= 0.6 is 0 Å². The zero-order chi connectivity index (χ0) is 14.3. The van der Waals surface area contributed by atoms with E-state index in [0.717, 1.165) is 17.0 Å². The molecule has 0 atom stereocenters. The normalized spacial score (nSPS) is 12.9. The number of pyridine rings is 1. The van der Waals surface area contributed by atoms with Crippen molar-refractivity contribution in [1.82, 2.24) is 4.98 Å². The topological polar surface area (TPSA) is 12.9 Å². The highest BCUT2D eigenvalue weighted by atomic mass is 19.4. The van der Waals surface area contributed by atoms with Gasteiger partial charge in [0.25, 0.3) is 0 Å². The first-order valence-electron chi connectivity index (χ1n) is 6.13. The molecule has 0 radical (unpaired) electrons. The fraction of sp³-hybridized carbons (Fsp3) is 0.400. The molecule has 0 aliphatic carbocycles. The lowest BCUT2D eigenvalue weighted by molar-refractivity contribution is -0.140. The zero-order valence-electron chi connectivity index (χ0n) is 11.2. The van der Waals surface area contributed by atoms with Crippen molar-refractivity contribution in [3.63, 3.8) is 0 Å². The van der Waals surface area contributed by atoms with Gasteiger partial charge in [0, 0.05) is 5.39 Å². The fourth-order valence-electron chi connectivity index (χ4n) is 2.08. The van der Waals surface area contributed by atoms with Crippen molar-refractivity contribution in [1.29, 1.82) is 0 Å². The van der Waals surface area contributed by atoms with E-state index >= 15 is 0 Å². The van der Waals surface area contributed by atoms with Gasteiger partial charge in [-0.1, -0.05) is 45.0 Å². The highest BCUT2D eigenvalue weighted by molar-refractivity contribution is 5.82. The van der Waals surface area contributed by atoms with Crippen LogP contribution in [-0.4, -0.2) is 4.98 Å². The molecule has 0 amide bonds. The highest BCUT2D eigenvalue weighted by Gasteiger charge is 2.32. The number of alkyl halides is 3. The van der Waals surface area contributed by atoms with Crippen LogP contribution in [0, 0.1) is 5.41 Å². The molecule has 1 nitrogen and oxygen atoms in total. The first kappa shape index (κ1) is 13.8. The van der Waals surface area contributed by atoms with E-state index in [0.29, 0.717) is 11.9 Å². The molecule has 19 heavy (non-hydrogen) atoms. The number of para-hydroxylation sites is 1. The van der Waals surface area contributed by atoms with Gasteiger partial charge in [0.2, 0.25) is 0 Å². The van der Waals surface area contributed by atoms with Gasteiger partial charge in [-0.15, -0.1) is 0 Å². The molecular formula is C15H16F3N. The number of benzene rings is 1.